The first-order valence-electron chi connectivity index (χ1n) is 6.34. The van der Waals surface area contributed by atoms with E-state index in [0.717, 1.165) is 17.9 Å². The van der Waals surface area contributed by atoms with Gasteiger partial charge in [0.05, 0.1) is 17.6 Å². The monoisotopic (exact) mass is 328 g/mol. The summed E-state index contributed by atoms with van der Waals surface area (Å²) in [7, 11) is -3.33. The van der Waals surface area contributed by atoms with Crippen LogP contribution < -0.4 is 10.5 Å². The first-order chi connectivity index (χ1) is 10.1. The maximum atomic E-state index is 12.7. The number of nitrogen functional groups attached to an aromatic ring is 1. The SMILES string of the molecule is Cc1ccc(F)c(N)c1.Cc1ccc(F)cc1NS(C)(=O)=O. The summed E-state index contributed by atoms with van der Waals surface area (Å²) in [5.41, 5.74) is 7.41. The summed E-state index contributed by atoms with van der Waals surface area (Å²) >= 11 is 0. The molecule has 0 radical (unpaired) electrons. The van der Waals surface area contributed by atoms with Crippen LogP contribution in [-0.4, -0.2) is 14.7 Å². The summed E-state index contributed by atoms with van der Waals surface area (Å²) in [5.74, 6) is -0.808. The summed E-state index contributed by atoms with van der Waals surface area (Å²) in [4.78, 5) is 0. The Hall–Kier alpha value is -2.15. The smallest absolute Gasteiger partial charge is 0.229 e. The van der Waals surface area contributed by atoms with Gasteiger partial charge in [0.25, 0.3) is 0 Å². The quantitative estimate of drug-likeness (QED) is 0.832. The summed E-state index contributed by atoms with van der Waals surface area (Å²) in [6, 6.07) is 8.60. The van der Waals surface area contributed by atoms with Crippen LogP contribution in [0.1, 0.15) is 11.1 Å². The molecule has 0 spiro atoms. The van der Waals surface area contributed by atoms with Crippen molar-refractivity contribution in [2.45, 2.75) is 13.8 Å². The molecule has 0 heterocycles. The van der Waals surface area contributed by atoms with Crippen LogP contribution in [0.3, 0.4) is 0 Å². The van der Waals surface area contributed by atoms with Crippen molar-refractivity contribution in [1.29, 1.82) is 0 Å². The molecule has 0 saturated heterocycles. The maximum absolute atomic E-state index is 12.7. The highest BCUT2D eigenvalue weighted by Gasteiger charge is 2.05. The molecule has 3 N–H and O–H groups in total. The van der Waals surface area contributed by atoms with Crippen LogP contribution in [0.2, 0.25) is 0 Å². The van der Waals surface area contributed by atoms with Crippen molar-refractivity contribution in [2.24, 2.45) is 0 Å². The largest absolute Gasteiger partial charge is 0.396 e. The zero-order valence-electron chi connectivity index (χ0n) is 12.5. The predicted molar refractivity (Wildman–Crippen MR) is 85.2 cm³/mol. The second-order valence-corrected chi connectivity index (χ2v) is 6.61. The lowest BCUT2D eigenvalue weighted by Crippen LogP contribution is -2.10. The molecule has 2 aromatic rings. The van der Waals surface area contributed by atoms with E-state index in [1.165, 1.54) is 18.2 Å². The third kappa shape index (κ3) is 6.09. The normalized spacial score (nSPS) is 10.6. The Bertz CT molecular complexity index is 762. The molecule has 2 rings (SSSR count). The van der Waals surface area contributed by atoms with Crippen molar-refractivity contribution in [3.63, 3.8) is 0 Å². The molecule has 0 bridgehead atoms. The van der Waals surface area contributed by atoms with Crippen LogP contribution in [0, 0.1) is 25.5 Å². The van der Waals surface area contributed by atoms with E-state index in [4.69, 9.17) is 5.73 Å². The second-order valence-electron chi connectivity index (χ2n) is 4.86. The molecule has 0 atom stereocenters. The van der Waals surface area contributed by atoms with Gasteiger partial charge >= 0.3 is 0 Å². The van der Waals surface area contributed by atoms with Gasteiger partial charge in [0, 0.05) is 0 Å². The fourth-order valence-corrected chi connectivity index (χ4v) is 2.19. The summed E-state index contributed by atoms with van der Waals surface area (Å²) in [6.45, 7) is 3.57. The Morgan fingerprint density at radius 1 is 1.05 bits per heavy atom. The van der Waals surface area contributed by atoms with Crippen LogP contribution in [0.4, 0.5) is 20.2 Å². The average molecular weight is 328 g/mol. The molecule has 0 aliphatic carbocycles. The lowest BCUT2D eigenvalue weighted by atomic mass is 10.2. The summed E-state index contributed by atoms with van der Waals surface area (Å²) in [6.07, 6.45) is 1.03. The minimum Gasteiger partial charge on any atom is -0.396 e. The van der Waals surface area contributed by atoms with Crippen molar-refractivity contribution < 1.29 is 17.2 Å². The van der Waals surface area contributed by atoms with Gasteiger partial charge in [-0.2, -0.15) is 0 Å². The molecule has 0 aromatic heterocycles. The number of nitrogens with two attached hydrogens (primary N) is 1. The third-order valence-corrected chi connectivity index (χ3v) is 3.24. The highest BCUT2D eigenvalue weighted by molar-refractivity contribution is 7.92. The molecule has 0 aliphatic heterocycles. The van der Waals surface area contributed by atoms with E-state index in [0.29, 0.717) is 5.56 Å². The Kier molecular flexibility index (Phi) is 5.87. The molecule has 0 amide bonds. The van der Waals surface area contributed by atoms with Crippen LogP contribution in [-0.2, 0) is 10.0 Å². The first-order valence-corrected chi connectivity index (χ1v) is 8.23. The fourth-order valence-electron chi connectivity index (χ4n) is 1.57. The van der Waals surface area contributed by atoms with Crippen LogP contribution in [0.25, 0.3) is 0 Å². The van der Waals surface area contributed by atoms with Crippen molar-refractivity contribution >= 4 is 21.4 Å². The highest BCUT2D eigenvalue weighted by atomic mass is 32.2. The standard InChI is InChI=1S/C8H10FNO2S.C7H8FN/c1-6-3-4-7(9)5-8(6)10-13(2,11)12;1-5-2-3-6(8)7(9)4-5/h3-5,10H,1-2H3;2-4H,9H2,1H3. The van der Waals surface area contributed by atoms with Crippen LogP contribution >= 0.6 is 0 Å². The molecular formula is C15H18F2N2O2S. The maximum Gasteiger partial charge on any atom is 0.229 e. The molecule has 0 aliphatic rings. The van der Waals surface area contributed by atoms with Crippen molar-refractivity contribution in [3.05, 3.63) is 59.2 Å². The van der Waals surface area contributed by atoms with Crippen molar-refractivity contribution in [3.8, 4) is 0 Å². The van der Waals surface area contributed by atoms with E-state index in [9.17, 15) is 17.2 Å². The number of aryl methyl sites for hydroxylation is 2. The minimum absolute atomic E-state index is 0.218. The van der Waals surface area contributed by atoms with Gasteiger partial charge in [-0.05, 0) is 49.2 Å². The van der Waals surface area contributed by atoms with Gasteiger partial charge in [-0.25, -0.2) is 17.2 Å². The van der Waals surface area contributed by atoms with Gasteiger partial charge in [0.2, 0.25) is 10.0 Å². The van der Waals surface area contributed by atoms with Gasteiger partial charge in [-0.1, -0.05) is 12.1 Å². The van der Waals surface area contributed by atoms with Gasteiger partial charge in [0.15, 0.2) is 0 Å². The fraction of sp³-hybridized carbons (Fsp3) is 0.200. The molecule has 7 heteroatoms. The highest BCUT2D eigenvalue weighted by Crippen LogP contribution is 2.16. The number of halogens is 2. The molecule has 0 saturated carbocycles. The topological polar surface area (TPSA) is 72.2 Å². The Balaban J connectivity index is 0.000000235. The number of hydrogen-bond acceptors (Lipinski definition) is 3. The summed E-state index contributed by atoms with van der Waals surface area (Å²) < 4.78 is 48.9. The van der Waals surface area contributed by atoms with E-state index >= 15 is 0 Å². The summed E-state index contributed by atoms with van der Waals surface area (Å²) in [5, 5.41) is 0. The van der Waals surface area contributed by atoms with Gasteiger partial charge in [-0.3, -0.25) is 4.72 Å². The zero-order chi connectivity index (χ0) is 16.9. The van der Waals surface area contributed by atoms with E-state index in [1.54, 1.807) is 19.1 Å². The molecule has 2 aromatic carbocycles. The molecule has 0 unspecified atom stereocenters. The number of benzene rings is 2. The predicted octanol–water partition coefficient (Wildman–Crippen LogP) is 3.22. The van der Waals surface area contributed by atoms with Crippen LogP contribution in [0.15, 0.2) is 36.4 Å². The number of rotatable bonds is 2. The number of hydrogen-bond donors (Lipinski definition) is 2. The third-order valence-electron chi connectivity index (χ3n) is 2.65. The zero-order valence-corrected chi connectivity index (χ0v) is 13.3. The molecule has 22 heavy (non-hydrogen) atoms. The number of anilines is 2. The second kappa shape index (κ2) is 7.22. The van der Waals surface area contributed by atoms with E-state index in [2.05, 4.69) is 4.72 Å². The number of nitrogens with one attached hydrogen (secondary N) is 1. The Morgan fingerprint density at radius 3 is 2.18 bits per heavy atom. The molecule has 4 nitrogen and oxygen atoms in total. The minimum atomic E-state index is -3.33. The van der Waals surface area contributed by atoms with Crippen LogP contribution in [0.5, 0.6) is 0 Å². The first kappa shape index (κ1) is 17.9. The van der Waals surface area contributed by atoms with Gasteiger partial charge in [0.1, 0.15) is 11.6 Å². The van der Waals surface area contributed by atoms with E-state index in [-0.39, 0.29) is 17.2 Å². The van der Waals surface area contributed by atoms with Crippen molar-refractivity contribution in [1.82, 2.24) is 0 Å². The average Bonchev–Trinajstić information content (AvgIpc) is 2.38. The Labute approximate surface area is 129 Å². The molecule has 0 fully saturated rings. The Morgan fingerprint density at radius 2 is 1.68 bits per heavy atom. The van der Waals surface area contributed by atoms with Gasteiger partial charge in [-0.15, -0.1) is 0 Å². The lowest BCUT2D eigenvalue weighted by Gasteiger charge is -2.06. The van der Waals surface area contributed by atoms with E-state index in [1.807, 2.05) is 6.92 Å². The molecule has 120 valence electrons. The van der Waals surface area contributed by atoms with Crippen molar-refractivity contribution in [2.75, 3.05) is 16.7 Å². The lowest BCUT2D eigenvalue weighted by molar-refractivity contribution is 0.606. The van der Waals surface area contributed by atoms with Gasteiger partial charge < -0.3 is 5.73 Å². The molecular weight excluding hydrogens is 310 g/mol. The number of sulfonamides is 1. The van der Waals surface area contributed by atoms with E-state index < -0.39 is 15.8 Å².